The van der Waals surface area contributed by atoms with Crippen molar-refractivity contribution in [1.29, 1.82) is 0 Å². The number of aromatic amines is 1. The monoisotopic (exact) mass is 372 g/mol. The van der Waals surface area contributed by atoms with E-state index in [-0.39, 0.29) is 11.6 Å². The minimum absolute atomic E-state index is 0.00759. The Labute approximate surface area is 154 Å². The lowest BCUT2D eigenvalue weighted by Gasteiger charge is -2.07. The van der Waals surface area contributed by atoms with Crippen molar-refractivity contribution in [3.63, 3.8) is 0 Å². The van der Waals surface area contributed by atoms with Crippen LogP contribution < -0.4 is 4.74 Å². The highest BCUT2D eigenvalue weighted by atomic mass is 32.1. The molecule has 0 spiro atoms. The first kappa shape index (κ1) is 17.8. The van der Waals surface area contributed by atoms with Gasteiger partial charge in [-0.1, -0.05) is 18.2 Å². The van der Waals surface area contributed by atoms with Gasteiger partial charge in [-0.3, -0.25) is 5.10 Å². The molecule has 0 bridgehead atoms. The number of benzene rings is 2. The normalized spacial score (nSPS) is 11.2. The zero-order chi connectivity index (χ0) is 18.5. The van der Waals surface area contributed by atoms with Crippen molar-refractivity contribution in [1.82, 2.24) is 14.9 Å². The van der Waals surface area contributed by atoms with Gasteiger partial charge in [0.05, 0.1) is 12.8 Å². The lowest BCUT2D eigenvalue weighted by atomic mass is 10.1. The minimum Gasteiger partial charge on any atom is -0.504 e. The third-order valence-corrected chi connectivity index (χ3v) is 3.90. The number of ether oxygens (including phenoxy) is 1. The Bertz CT molecular complexity index is 980. The standard InChI is InChI=1S/C18H17FN4O2S/c1-2-25-15-5-3-4-13(17(15)24)11-20-23-16(21-22-18(23)26)10-12-6-8-14(19)9-7-12/h3-9,11,24H,2,10H2,1H3,(H,22,26)/b20-11+. The molecular weight excluding hydrogens is 355 g/mol. The van der Waals surface area contributed by atoms with E-state index < -0.39 is 0 Å². The van der Waals surface area contributed by atoms with Crippen LogP contribution in [-0.4, -0.2) is 32.8 Å². The fourth-order valence-electron chi connectivity index (χ4n) is 2.38. The Morgan fingerprint density at radius 1 is 1.31 bits per heavy atom. The zero-order valence-corrected chi connectivity index (χ0v) is 14.8. The summed E-state index contributed by atoms with van der Waals surface area (Å²) in [6, 6.07) is 11.3. The van der Waals surface area contributed by atoms with E-state index in [1.54, 1.807) is 30.3 Å². The van der Waals surface area contributed by atoms with Gasteiger partial charge >= 0.3 is 0 Å². The number of hydrogen-bond donors (Lipinski definition) is 2. The summed E-state index contributed by atoms with van der Waals surface area (Å²) in [5.41, 5.74) is 1.37. The summed E-state index contributed by atoms with van der Waals surface area (Å²) in [4.78, 5) is 0. The molecule has 134 valence electrons. The molecule has 0 fully saturated rings. The number of H-pyrrole nitrogens is 1. The fourth-order valence-corrected chi connectivity index (χ4v) is 2.58. The molecule has 1 aromatic heterocycles. The Morgan fingerprint density at radius 3 is 2.81 bits per heavy atom. The van der Waals surface area contributed by atoms with Gasteiger partial charge in [0, 0.05) is 12.0 Å². The quantitative estimate of drug-likeness (QED) is 0.511. The predicted octanol–water partition coefficient (Wildman–Crippen LogP) is 3.66. The van der Waals surface area contributed by atoms with Crippen molar-refractivity contribution in [2.24, 2.45) is 5.10 Å². The molecule has 0 saturated heterocycles. The predicted molar refractivity (Wildman–Crippen MR) is 98.9 cm³/mol. The minimum atomic E-state index is -0.296. The SMILES string of the molecule is CCOc1cccc(/C=N/n2c(Cc3ccc(F)cc3)n[nH]c2=S)c1O. The van der Waals surface area contributed by atoms with E-state index in [1.807, 2.05) is 6.92 Å². The fraction of sp³-hybridized carbons (Fsp3) is 0.167. The lowest BCUT2D eigenvalue weighted by molar-refractivity contribution is 0.318. The maximum absolute atomic E-state index is 13.0. The number of rotatable bonds is 6. The number of aromatic hydroxyl groups is 1. The third kappa shape index (κ3) is 3.97. The molecule has 0 radical (unpaired) electrons. The molecule has 0 aliphatic carbocycles. The molecule has 0 saturated carbocycles. The Morgan fingerprint density at radius 2 is 2.08 bits per heavy atom. The molecule has 6 nitrogen and oxygen atoms in total. The van der Waals surface area contributed by atoms with E-state index in [1.165, 1.54) is 23.0 Å². The molecule has 26 heavy (non-hydrogen) atoms. The molecule has 1 heterocycles. The molecule has 2 aromatic carbocycles. The number of phenols is 1. The maximum Gasteiger partial charge on any atom is 0.216 e. The van der Waals surface area contributed by atoms with E-state index in [2.05, 4.69) is 15.3 Å². The van der Waals surface area contributed by atoms with Crippen LogP contribution in [0.1, 0.15) is 23.9 Å². The first-order valence-electron chi connectivity index (χ1n) is 7.98. The molecule has 3 rings (SSSR count). The van der Waals surface area contributed by atoms with Crippen LogP contribution in [-0.2, 0) is 6.42 Å². The van der Waals surface area contributed by atoms with Crippen LogP contribution in [0.4, 0.5) is 4.39 Å². The van der Waals surface area contributed by atoms with Gasteiger partial charge in [-0.15, -0.1) is 0 Å². The summed E-state index contributed by atoms with van der Waals surface area (Å²) < 4.78 is 20.2. The molecular formula is C18H17FN4O2S. The Hall–Kier alpha value is -3.00. The van der Waals surface area contributed by atoms with Crippen molar-refractivity contribution in [3.8, 4) is 11.5 Å². The van der Waals surface area contributed by atoms with Crippen LogP contribution in [0.25, 0.3) is 0 Å². The van der Waals surface area contributed by atoms with Gasteiger partial charge in [-0.2, -0.15) is 14.9 Å². The summed E-state index contributed by atoms with van der Waals surface area (Å²) in [5, 5.41) is 21.4. The molecule has 2 N–H and O–H groups in total. The highest BCUT2D eigenvalue weighted by Gasteiger charge is 2.09. The van der Waals surface area contributed by atoms with Crippen molar-refractivity contribution < 1.29 is 14.2 Å². The summed E-state index contributed by atoms with van der Waals surface area (Å²) in [6.45, 7) is 2.29. The molecule has 0 unspecified atom stereocenters. The van der Waals surface area contributed by atoms with E-state index in [0.29, 0.717) is 34.9 Å². The smallest absolute Gasteiger partial charge is 0.216 e. The first-order valence-corrected chi connectivity index (χ1v) is 8.39. The first-order chi connectivity index (χ1) is 12.6. The van der Waals surface area contributed by atoms with E-state index in [9.17, 15) is 9.50 Å². The van der Waals surface area contributed by atoms with Crippen molar-refractivity contribution in [3.05, 3.63) is 70.0 Å². The van der Waals surface area contributed by atoms with Crippen LogP contribution in [0.5, 0.6) is 11.5 Å². The highest BCUT2D eigenvalue weighted by molar-refractivity contribution is 7.71. The Kier molecular flexibility index (Phi) is 5.43. The van der Waals surface area contributed by atoms with Gasteiger partial charge < -0.3 is 9.84 Å². The zero-order valence-electron chi connectivity index (χ0n) is 14.0. The molecule has 3 aromatic rings. The van der Waals surface area contributed by atoms with Crippen LogP contribution in [0.3, 0.4) is 0 Å². The van der Waals surface area contributed by atoms with Crippen LogP contribution in [0.15, 0.2) is 47.6 Å². The number of hydrogen-bond acceptors (Lipinski definition) is 5. The number of halogens is 1. The maximum atomic E-state index is 13.0. The van der Waals surface area contributed by atoms with Crippen molar-refractivity contribution in [2.75, 3.05) is 6.61 Å². The summed E-state index contributed by atoms with van der Waals surface area (Å²) in [6.07, 6.45) is 1.91. The van der Waals surface area contributed by atoms with Gasteiger partial charge in [0.15, 0.2) is 17.3 Å². The number of nitrogens with zero attached hydrogens (tertiary/aromatic N) is 3. The van der Waals surface area contributed by atoms with Gasteiger partial charge in [0.1, 0.15) is 5.82 Å². The molecule has 0 atom stereocenters. The summed E-state index contributed by atoms with van der Waals surface area (Å²) in [5.74, 6) is 0.667. The van der Waals surface area contributed by atoms with Crippen LogP contribution in [0, 0.1) is 10.6 Å². The third-order valence-electron chi connectivity index (χ3n) is 3.64. The second-order valence-corrected chi connectivity index (χ2v) is 5.82. The molecule has 0 aliphatic rings. The molecule has 0 amide bonds. The van der Waals surface area contributed by atoms with Gasteiger partial charge in [0.2, 0.25) is 4.77 Å². The number of aromatic nitrogens is 3. The van der Waals surface area contributed by atoms with Crippen LogP contribution >= 0.6 is 12.2 Å². The van der Waals surface area contributed by atoms with Crippen LogP contribution in [0.2, 0.25) is 0 Å². The Balaban J connectivity index is 1.88. The second-order valence-electron chi connectivity index (χ2n) is 5.43. The number of para-hydroxylation sites is 1. The van der Waals surface area contributed by atoms with Crippen molar-refractivity contribution >= 4 is 18.4 Å². The van der Waals surface area contributed by atoms with Crippen molar-refractivity contribution in [2.45, 2.75) is 13.3 Å². The van der Waals surface area contributed by atoms with Gasteiger partial charge in [-0.05, 0) is 49.0 Å². The van der Waals surface area contributed by atoms with Gasteiger partial charge in [0.25, 0.3) is 0 Å². The lowest BCUT2D eigenvalue weighted by Crippen LogP contribution is -2.01. The highest BCUT2D eigenvalue weighted by Crippen LogP contribution is 2.28. The summed E-state index contributed by atoms with van der Waals surface area (Å²) >= 11 is 5.21. The molecule has 8 heteroatoms. The second kappa shape index (κ2) is 7.92. The van der Waals surface area contributed by atoms with E-state index >= 15 is 0 Å². The largest absolute Gasteiger partial charge is 0.504 e. The van der Waals surface area contributed by atoms with E-state index in [0.717, 1.165) is 5.56 Å². The summed E-state index contributed by atoms with van der Waals surface area (Å²) in [7, 11) is 0. The average Bonchev–Trinajstić information content (AvgIpc) is 2.98. The van der Waals surface area contributed by atoms with Gasteiger partial charge in [-0.25, -0.2) is 4.39 Å². The van der Waals surface area contributed by atoms with E-state index in [4.69, 9.17) is 17.0 Å². The number of nitrogens with one attached hydrogen (secondary N) is 1. The topological polar surface area (TPSA) is 75.4 Å². The number of phenolic OH excluding ortho intramolecular Hbond substituents is 1. The average molecular weight is 372 g/mol. The molecule has 0 aliphatic heterocycles.